The number of carbonyl (C=O) groups excluding carboxylic acids is 3. The molecule has 9 atom stereocenters. The number of rotatable bonds is 8. The van der Waals surface area contributed by atoms with E-state index in [1.807, 2.05) is 45.3 Å². The summed E-state index contributed by atoms with van der Waals surface area (Å²) in [5, 5.41) is 32.0. The van der Waals surface area contributed by atoms with Gasteiger partial charge in [-0.3, -0.25) is 14.4 Å². The highest BCUT2D eigenvalue weighted by molar-refractivity contribution is 6.01. The third kappa shape index (κ3) is 6.78. The molecular formula is C44H53FN2O7. The molecule has 9 nitrogen and oxygen atoms in total. The van der Waals surface area contributed by atoms with Crippen LogP contribution in [0.25, 0.3) is 0 Å². The van der Waals surface area contributed by atoms with Gasteiger partial charge < -0.3 is 24.6 Å². The Labute approximate surface area is 317 Å². The van der Waals surface area contributed by atoms with Gasteiger partial charge in [0.25, 0.3) is 0 Å². The van der Waals surface area contributed by atoms with Crippen molar-refractivity contribution in [3.63, 3.8) is 0 Å². The summed E-state index contributed by atoms with van der Waals surface area (Å²) in [5.41, 5.74) is 1.46. The van der Waals surface area contributed by atoms with E-state index >= 15 is 0 Å². The fourth-order valence-corrected chi connectivity index (χ4v) is 10.9. The maximum atomic E-state index is 13.4. The predicted molar refractivity (Wildman–Crippen MR) is 200 cm³/mol. The van der Waals surface area contributed by atoms with Crippen molar-refractivity contribution in [2.24, 2.45) is 34.5 Å². The number of allylic oxidation sites excluding steroid dienone is 4. The minimum Gasteiger partial charge on any atom is -0.458 e. The molecule has 2 aromatic rings. The highest BCUT2D eigenvalue weighted by Crippen LogP contribution is 2.67. The van der Waals surface area contributed by atoms with E-state index < -0.39 is 46.5 Å². The highest BCUT2D eigenvalue weighted by Gasteiger charge is 2.68. The maximum Gasteiger partial charge on any atom is 0.303 e. The molecule has 54 heavy (non-hydrogen) atoms. The minimum absolute atomic E-state index is 0.00535. The van der Waals surface area contributed by atoms with E-state index in [1.54, 1.807) is 24.3 Å². The summed E-state index contributed by atoms with van der Waals surface area (Å²) in [5.74, 6) is -0.962. The molecule has 2 N–H and O–H groups in total. The van der Waals surface area contributed by atoms with Crippen LogP contribution in [0, 0.1) is 51.6 Å². The lowest BCUT2D eigenvalue weighted by Crippen LogP contribution is -2.62. The van der Waals surface area contributed by atoms with Crippen LogP contribution in [0.15, 0.2) is 66.3 Å². The molecule has 0 radical (unpaired) electrons. The summed E-state index contributed by atoms with van der Waals surface area (Å²) in [7, 11) is 4.10. The Balaban J connectivity index is 0.000000189. The average molecular weight is 741 g/mol. The number of nitrogens with zero attached hydrogens (tertiary/aromatic N) is 2. The fraction of sp³-hybridized carbons (Fsp3) is 0.545. The molecule has 3 saturated carbocycles. The summed E-state index contributed by atoms with van der Waals surface area (Å²) in [6.45, 7) is 8.37. The number of aliphatic hydroxyl groups is 2. The molecule has 1 unspecified atom stereocenters. The molecule has 10 heteroatoms. The number of nitriles is 1. The van der Waals surface area contributed by atoms with Crippen molar-refractivity contribution in [2.45, 2.75) is 90.1 Å². The van der Waals surface area contributed by atoms with Crippen molar-refractivity contribution in [3.05, 3.63) is 94.3 Å². The van der Waals surface area contributed by atoms with Gasteiger partial charge in [-0.25, -0.2) is 4.39 Å². The first-order valence-corrected chi connectivity index (χ1v) is 19.1. The van der Waals surface area contributed by atoms with Crippen LogP contribution in [-0.2, 0) is 36.1 Å². The van der Waals surface area contributed by atoms with Crippen LogP contribution in [-0.4, -0.2) is 71.6 Å². The lowest BCUT2D eigenvalue weighted by Gasteiger charge is -2.60. The Morgan fingerprint density at radius 2 is 1.87 bits per heavy atom. The topological polar surface area (TPSA) is 137 Å². The van der Waals surface area contributed by atoms with Crippen molar-refractivity contribution in [1.82, 2.24) is 4.90 Å². The number of hydrogen-bond donors (Lipinski definition) is 2. The van der Waals surface area contributed by atoms with Crippen molar-refractivity contribution in [2.75, 3.05) is 27.2 Å². The number of hydrogen-bond acceptors (Lipinski definition) is 9. The molecule has 0 saturated heterocycles. The van der Waals surface area contributed by atoms with Gasteiger partial charge in [-0.2, -0.15) is 5.26 Å². The molecule has 2 aromatic carbocycles. The maximum absolute atomic E-state index is 13.4. The first kappa shape index (κ1) is 39.7. The summed E-state index contributed by atoms with van der Waals surface area (Å²) in [6.07, 6.45) is 8.49. The number of benzene rings is 2. The zero-order valence-electron chi connectivity index (χ0n) is 32.2. The van der Waals surface area contributed by atoms with Gasteiger partial charge in [0.2, 0.25) is 5.78 Å². The molecule has 3 fully saturated rings. The van der Waals surface area contributed by atoms with Crippen LogP contribution >= 0.6 is 0 Å². The van der Waals surface area contributed by atoms with E-state index in [2.05, 4.69) is 24.8 Å². The largest absolute Gasteiger partial charge is 0.458 e. The van der Waals surface area contributed by atoms with Crippen LogP contribution in [0.3, 0.4) is 0 Å². The van der Waals surface area contributed by atoms with Crippen molar-refractivity contribution < 1.29 is 38.5 Å². The molecule has 0 aromatic heterocycles. The lowest BCUT2D eigenvalue weighted by molar-refractivity contribution is -0.182. The van der Waals surface area contributed by atoms with Gasteiger partial charge in [0.1, 0.15) is 17.0 Å². The second kappa shape index (κ2) is 14.9. The molecule has 4 aliphatic carbocycles. The zero-order chi connectivity index (χ0) is 39.2. The molecule has 0 amide bonds. The number of carbonyl (C=O) groups is 3. The summed E-state index contributed by atoms with van der Waals surface area (Å²) in [6, 6.07) is 14.5. The van der Waals surface area contributed by atoms with E-state index in [0.29, 0.717) is 31.4 Å². The zero-order valence-corrected chi connectivity index (χ0v) is 32.2. The Hall–Kier alpha value is -4.01. The van der Waals surface area contributed by atoms with E-state index in [1.165, 1.54) is 19.1 Å². The number of aliphatic hydroxyl groups excluding tert-OH is 1. The van der Waals surface area contributed by atoms with Crippen molar-refractivity contribution in [1.29, 1.82) is 5.26 Å². The first-order valence-electron chi connectivity index (χ1n) is 19.1. The average Bonchev–Trinajstić information content (AvgIpc) is 3.62. The van der Waals surface area contributed by atoms with E-state index in [9.17, 15) is 29.0 Å². The molecule has 288 valence electrons. The molecular weight excluding hydrogens is 687 g/mol. The summed E-state index contributed by atoms with van der Waals surface area (Å²) in [4.78, 5) is 38.3. The Bertz CT molecular complexity index is 1900. The number of Topliss-reactive ketones (excluding diaryl/α,β-unsaturated/α-hetero) is 1. The summed E-state index contributed by atoms with van der Waals surface area (Å²) >= 11 is 0. The van der Waals surface area contributed by atoms with Crippen LogP contribution in [0.4, 0.5) is 4.39 Å². The number of ether oxygens (including phenoxy) is 2. The second-order valence-electron chi connectivity index (χ2n) is 16.9. The fourth-order valence-electron chi connectivity index (χ4n) is 10.9. The Kier molecular flexibility index (Phi) is 11.0. The molecule has 1 heterocycles. The standard InChI is InChI=1S/C24H32O6.C20H21FN2O/c1-13-9-16-17-6-8-24(29,20(28)12-30-14(2)25)23(17,4)11-19(27)21(16)22(3)7-5-15(26)10-18(13)22;1-23(2)11-3-10-20(17-5-7-18(21)8-6-17)19-9-4-15(13-22)12-16(19)14-24-20/h5,7,10,13,16-17,19,21,27,29H,6,8-9,11-12H2,1-4H3;4-9,12H,3,10-11,14H2,1-2H3/t13-,16-,17-,19-,21+,22-,23-,24-;/m0./s1. The van der Waals surface area contributed by atoms with Gasteiger partial charge in [-0.1, -0.05) is 50.6 Å². The van der Waals surface area contributed by atoms with Gasteiger partial charge in [0, 0.05) is 23.7 Å². The first-order chi connectivity index (χ1) is 25.5. The lowest BCUT2D eigenvalue weighted by atomic mass is 9.45. The number of fused-ring (bicyclic) bond motifs is 6. The Morgan fingerprint density at radius 3 is 2.54 bits per heavy atom. The van der Waals surface area contributed by atoms with E-state index in [0.717, 1.165) is 48.1 Å². The SMILES string of the molecule is CC(=O)OCC(=O)[C@@]1(O)CC[C@H]2[C@@H]3C[C@H](C)C4=CC(=O)C=C[C@]4(C)[C@H]3[C@@H](O)C[C@@]21C.CN(C)CCCC1(c2ccc(F)cc2)OCc2cc(C#N)ccc21. The molecule has 0 bridgehead atoms. The number of halogens is 1. The third-order valence-corrected chi connectivity index (χ3v) is 13.4. The number of esters is 1. The van der Waals surface area contributed by atoms with Gasteiger partial charge in [-0.05, 0) is 130 Å². The normalized spacial score (nSPS) is 34.7. The monoisotopic (exact) mass is 740 g/mol. The van der Waals surface area contributed by atoms with Crippen LogP contribution in [0.1, 0.15) is 88.5 Å². The quantitative estimate of drug-likeness (QED) is 0.304. The smallest absolute Gasteiger partial charge is 0.303 e. The molecule has 5 aliphatic rings. The van der Waals surface area contributed by atoms with Gasteiger partial charge in [-0.15, -0.1) is 0 Å². The third-order valence-electron chi connectivity index (χ3n) is 13.4. The minimum atomic E-state index is -1.61. The molecule has 1 aliphatic heterocycles. The van der Waals surface area contributed by atoms with Gasteiger partial charge in [0.15, 0.2) is 12.4 Å². The predicted octanol–water partition coefficient (Wildman–Crippen LogP) is 6.19. The van der Waals surface area contributed by atoms with Crippen molar-refractivity contribution >= 4 is 17.5 Å². The van der Waals surface area contributed by atoms with Crippen molar-refractivity contribution in [3.8, 4) is 6.07 Å². The summed E-state index contributed by atoms with van der Waals surface area (Å²) < 4.78 is 24.5. The highest BCUT2D eigenvalue weighted by atomic mass is 19.1. The number of ketones is 2. The van der Waals surface area contributed by atoms with E-state index in [-0.39, 0.29) is 35.3 Å². The van der Waals surface area contributed by atoms with E-state index in [4.69, 9.17) is 14.7 Å². The van der Waals surface area contributed by atoms with Crippen LogP contribution < -0.4 is 0 Å². The van der Waals surface area contributed by atoms with Gasteiger partial charge >= 0.3 is 5.97 Å². The van der Waals surface area contributed by atoms with Crippen LogP contribution in [0.2, 0.25) is 0 Å². The van der Waals surface area contributed by atoms with Crippen LogP contribution in [0.5, 0.6) is 0 Å². The second-order valence-corrected chi connectivity index (χ2v) is 16.9. The molecule has 7 rings (SSSR count). The molecule has 0 spiro atoms. The Morgan fingerprint density at radius 1 is 1.15 bits per heavy atom. The van der Waals surface area contributed by atoms with Gasteiger partial charge in [0.05, 0.1) is 24.3 Å².